The molecule has 2 rings (SSSR count). The summed E-state index contributed by atoms with van der Waals surface area (Å²) >= 11 is 0. The summed E-state index contributed by atoms with van der Waals surface area (Å²) in [6.07, 6.45) is 3.24. The van der Waals surface area contributed by atoms with Crippen LogP contribution < -0.4 is 0 Å². The van der Waals surface area contributed by atoms with E-state index in [1.54, 1.807) is 30.3 Å². The molecule has 114 valence electrons. The van der Waals surface area contributed by atoms with Crippen molar-refractivity contribution in [1.82, 2.24) is 0 Å². The van der Waals surface area contributed by atoms with Crippen molar-refractivity contribution in [3.63, 3.8) is 0 Å². The molecule has 1 aromatic rings. The van der Waals surface area contributed by atoms with E-state index in [0.717, 1.165) is 0 Å². The van der Waals surface area contributed by atoms with Crippen molar-refractivity contribution in [2.45, 2.75) is 13.0 Å². The Balaban J connectivity index is 2.07. The summed E-state index contributed by atoms with van der Waals surface area (Å²) in [5.74, 6) is -1.34. The predicted octanol–water partition coefficient (Wildman–Crippen LogP) is 1.77. The minimum Gasteiger partial charge on any atom is -0.462 e. The van der Waals surface area contributed by atoms with Gasteiger partial charge >= 0.3 is 17.9 Å². The summed E-state index contributed by atoms with van der Waals surface area (Å²) in [6.45, 7) is 1.08. The molecule has 0 unspecified atom stereocenters. The first kappa shape index (κ1) is 15.5. The van der Waals surface area contributed by atoms with Crippen LogP contribution in [0.2, 0.25) is 0 Å². The van der Waals surface area contributed by atoms with Gasteiger partial charge in [0.05, 0.1) is 5.56 Å². The van der Waals surface area contributed by atoms with E-state index in [-0.39, 0.29) is 12.4 Å². The summed E-state index contributed by atoms with van der Waals surface area (Å²) in [6, 6.07) is 8.40. The standard InChI is InChI=1S/C16H14O6/c1-11(17)20-10-14(9-13-7-8-15(18)21-13)22-16(19)12-5-3-2-4-6-12/h2-9,14H,10H2,1H3/b13-9-/t14-/m0/s1. The van der Waals surface area contributed by atoms with Crippen molar-refractivity contribution in [3.8, 4) is 0 Å². The number of carbonyl (C=O) groups excluding carboxylic acids is 3. The normalized spacial score (nSPS) is 16.2. The molecule has 1 aromatic carbocycles. The largest absolute Gasteiger partial charge is 0.462 e. The molecule has 1 heterocycles. The lowest BCUT2D eigenvalue weighted by Crippen LogP contribution is -2.23. The first-order chi connectivity index (χ1) is 10.5. The van der Waals surface area contributed by atoms with Gasteiger partial charge < -0.3 is 14.2 Å². The molecule has 1 aliphatic heterocycles. The smallest absolute Gasteiger partial charge is 0.338 e. The van der Waals surface area contributed by atoms with Gasteiger partial charge in [-0.15, -0.1) is 0 Å². The summed E-state index contributed by atoms with van der Waals surface area (Å²) in [7, 11) is 0. The molecule has 0 amide bonds. The van der Waals surface area contributed by atoms with Crippen LogP contribution in [0, 0.1) is 0 Å². The summed E-state index contributed by atoms with van der Waals surface area (Å²) < 4.78 is 15.0. The Bertz CT molecular complexity index is 629. The number of rotatable bonds is 5. The Hall–Kier alpha value is -2.89. The second kappa shape index (κ2) is 7.21. The fraction of sp³-hybridized carbons (Fsp3) is 0.188. The van der Waals surface area contributed by atoms with Crippen molar-refractivity contribution in [3.05, 3.63) is 59.9 Å². The molecular formula is C16H14O6. The lowest BCUT2D eigenvalue weighted by atomic mass is 10.2. The van der Waals surface area contributed by atoms with Crippen LogP contribution in [0.15, 0.2) is 54.3 Å². The highest BCUT2D eigenvalue weighted by molar-refractivity contribution is 5.89. The van der Waals surface area contributed by atoms with E-state index in [0.29, 0.717) is 5.56 Å². The predicted molar refractivity (Wildman–Crippen MR) is 75.6 cm³/mol. The van der Waals surface area contributed by atoms with Crippen molar-refractivity contribution in [2.75, 3.05) is 6.61 Å². The molecule has 6 heteroatoms. The van der Waals surface area contributed by atoms with Crippen LogP contribution >= 0.6 is 0 Å². The molecular weight excluding hydrogens is 288 g/mol. The summed E-state index contributed by atoms with van der Waals surface area (Å²) in [4.78, 5) is 33.9. The molecule has 0 aromatic heterocycles. The topological polar surface area (TPSA) is 78.9 Å². The monoisotopic (exact) mass is 302 g/mol. The van der Waals surface area contributed by atoms with Crippen molar-refractivity contribution < 1.29 is 28.6 Å². The van der Waals surface area contributed by atoms with Crippen LogP contribution in [-0.2, 0) is 23.8 Å². The fourth-order valence-electron chi connectivity index (χ4n) is 1.70. The maximum Gasteiger partial charge on any atom is 0.338 e. The third kappa shape index (κ3) is 4.59. The Kier molecular flexibility index (Phi) is 5.08. The van der Waals surface area contributed by atoms with E-state index in [1.165, 1.54) is 25.2 Å². The Morgan fingerprint density at radius 3 is 2.55 bits per heavy atom. The molecule has 0 spiro atoms. The quantitative estimate of drug-likeness (QED) is 0.609. The zero-order valence-corrected chi connectivity index (χ0v) is 11.9. The van der Waals surface area contributed by atoms with Gasteiger partial charge in [-0.25, -0.2) is 9.59 Å². The SMILES string of the molecule is CC(=O)OC[C@H](/C=C1/C=CC(=O)O1)OC(=O)c1ccccc1. The number of ether oxygens (including phenoxy) is 3. The lowest BCUT2D eigenvalue weighted by molar-refractivity contribution is -0.143. The van der Waals surface area contributed by atoms with E-state index >= 15 is 0 Å². The minimum atomic E-state index is -0.859. The molecule has 0 fully saturated rings. The molecule has 0 saturated heterocycles. The number of benzene rings is 1. The third-order valence-electron chi connectivity index (χ3n) is 2.67. The van der Waals surface area contributed by atoms with Crippen LogP contribution in [0.4, 0.5) is 0 Å². The zero-order chi connectivity index (χ0) is 15.9. The molecule has 1 aliphatic rings. The molecule has 0 bridgehead atoms. The molecule has 0 aliphatic carbocycles. The molecule has 0 N–H and O–H groups in total. The number of cyclic esters (lactones) is 1. The van der Waals surface area contributed by atoms with Gasteiger partial charge in [0.15, 0.2) is 6.10 Å². The van der Waals surface area contributed by atoms with E-state index in [2.05, 4.69) is 0 Å². The minimum absolute atomic E-state index is 0.164. The highest BCUT2D eigenvalue weighted by atomic mass is 16.6. The molecule has 0 saturated carbocycles. The van der Waals surface area contributed by atoms with Crippen molar-refractivity contribution >= 4 is 17.9 Å². The third-order valence-corrected chi connectivity index (χ3v) is 2.67. The van der Waals surface area contributed by atoms with E-state index in [9.17, 15) is 14.4 Å². The Morgan fingerprint density at radius 1 is 1.23 bits per heavy atom. The maximum absolute atomic E-state index is 12.0. The van der Waals surface area contributed by atoms with Gasteiger partial charge in [0, 0.05) is 19.1 Å². The zero-order valence-electron chi connectivity index (χ0n) is 11.9. The number of carbonyl (C=O) groups is 3. The number of hydrogen-bond acceptors (Lipinski definition) is 6. The Labute approximate surface area is 127 Å². The van der Waals surface area contributed by atoms with Crippen LogP contribution in [0.25, 0.3) is 0 Å². The highest BCUT2D eigenvalue weighted by Gasteiger charge is 2.18. The number of esters is 3. The number of hydrogen-bond donors (Lipinski definition) is 0. The lowest BCUT2D eigenvalue weighted by Gasteiger charge is -2.14. The molecule has 1 atom stereocenters. The van der Waals surface area contributed by atoms with Gasteiger partial charge in [-0.2, -0.15) is 0 Å². The molecule has 22 heavy (non-hydrogen) atoms. The maximum atomic E-state index is 12.0. The molecule has 0 radical (unpaired) electrons. The first-order valence-electron chi connectivity index (χ1n) is 6.55. The van der Waals surface area contributed by atoms with E-state index in [4.69, 9.17) is 14.2 Å². The van der Waals surface area contributed by atoms with E-state index < -0.39 is 24.0 Å². The summed E-state index contributed by atoms with van der Waals surface area (Å²) in [5.41, 5.74) is 0.368. The fourth-order valence-corrected chi connectivity index (χ4v) is 1.70. The molecule has 6 nitrogen and oxygen atoms in total. The first-order valence-corrected chi connectivity index (χ1v) is 6.55. The van der Waals surface area contributed by atoms with Gasteiger partial charge in [0.2, 0.25) is 0 Å². The Morgan fingerprint density at radius 2 is 1.95 bits per heavy atom. The van der Waals surface area contributed by atoms with Gasteiger partial charge in [-0.1, -0.05) is 18.2 Å². The van der Waals surface area contributed by atoms with Gasteiger partial charge in [0.1, 0.15) is 12.4 Å². The average Bonchev–Trinajstić information content (AvgIpc) is 2.90. The second-order valence-corrected chi connectivity index (χ2v) is 4.44. The van der Waals surface area contributed by atoms with Crippen molar-refractivity contribution in [1.29, 1.82) is 0 Å². The average molecular weight is 302 g/mol. The van der Waals surface area contributed by atoms with E-state index in [1.807, 2.05) is 0 Å². The van der Waals surface area contributed by atoms with Gasteiger partial charge in [-0.3, -0.25) is 4.79 Å². The van der Waals surface area contributed by atoms with Gasteiger partial charge in [0.25, 0.3) is 0 Å². The van der Waals surface area contributed by atoms with Crippen molar-refractivity contribution in [2.24, 2.45) is 0 Å². The summed E-state index contributed by atoms with van der Waals surface area (Å²) in [5, 5.41) is 0. The number of allylic oxidation sites excluding steroid dienone is 1. The second-order valence-electron chi connectivity index (χ2n) is 4.44. The van der Waals surface area contributed by atoms with Crippen LogP contribution in [0.5, 0.6) is 0 Å². The van der Waals surface area contributed by atoms with Gasteiger partial charge in [-0.05, 0) is 18.2 Å². The van der Waals surface area contributed by atoms with Crippen LogP contribution in [0.3, 0.4) is 0 Å². The highest BCUT2D eigenvalue weighted by Crippen LogP contribution is 2.13. The van der Waals surface area contributed by atoms with Crippen LogP contribution in [-0.4, -0.2) is 30.6 Å². The van der Waals surface area contributed by atoms with Crippen LogP contribution in [0.1, 0.15) is 17.3 Å².